The molecule has 0 aromatic heterocycles. The molecule has 3 heterocycles. The van der Waals surface area contributed by atoms with Crippen molar-refractivity contribution in [2.75, 3.05) is 11.9 Å². The molecule has 0 aliphatic carbocycles. The Morgan fingerprint density at radius 2 is 2.00 bits per heavy atom. The van der Waals surface area contributed by atoms with E-state index in [4.69, 9.17) is 16.7 Å². The van der Waals surface area contributed by atoms with Crippen LogP contribution in [0.5, 0.6) is 0 Å². The number of carbonyl (C=O) groups is 1. The molecule has 30 heavy (non-hydrogen) atoms. The maximum Gasteiger partial charge on any atom is 0.335 e. The summed E-state index contributed by atoms with van der Waals surface area (Å²) in [7, 11) is 0. The molecule has 148 valence electrons. The fourth-order valence-electron chi connectivity index (χ4n) is 3.62. The van der Waals surface area contributed by atoms with Crippen molar-refractivity contribution >= 4 is 29.1 Å². The number of hydrogen-bond donors (Lipinski definition) is 2. The smallest absolute Gasteiger partial charge is 0.335 e. The van der Waals surface area contributed by atoms with E-state index >= 15 is 0 Å². The minimum Gasteiger partial charge on any atom is -0.478 e. The Labute approximate surface area is 176 Å². The van der Waals surface area contributed by atoms with Crippen LogP contribution in [0.4, 0.5) is 11.5 Å². The number of nitrogens with zero attached hydrogens (tertiary/aromatic N) is 4. The number of rotatable bonds is 3. The Morgan fingerprint density at radius 1 is 1.13 bits per heavy atom. The third-order valence-corrected chi connectivity index (χ3v) is 5.31. The van der Waals surface area contributed by atoms with Crippen molar-refractivity contribution in [2.45, 2.75) is 6.54 Å². The Bertz CT molecular complexity index is 1330. The number of aromatic carboxylic acids is 1. The Kier molecular flexibility index (Phi) is 4.44. The topological polar surface area (TPSA) is 92.4 Å². The highest BCUT2D eigenvalue weighted by Gasteiger charge is 2.22. The zero-order valence-corrected chi connectivity index (χ0v) is 16.5. The van der Waals surface area contributed by atoms with Crippen molar-refractivity contribution in [3.8, 4) is 22.5 Å². The van der Waals surface area contributed by atoms with Gasteiger partial charge in [0.15, 0.2) is 0 Å². The maximum atomic E-state index is 11.2. The minimum atomic E-state index is -1.00. The number of nitrogens with one attached hydrogen (secondary N) is 1. The van der Waals surface area contributed by atoms with Crippen LogP contribution in [-0.4, -0.2) is 32.2 Å². The summed E-state index contributed by atoms with van der Waals surface area (Å²) in [6.07, 6.45) is 1.73. The molecule has 0 fully saturated rings. The molecule has 0 atom stereocenters. The predicted molar refractivity (Wildman–Crippen MR) is 114 cm³/mol. The number of aromatic nitrogens is 3. The summed E-state index contributed by atoms with van der Waals surface area (Å²) in [6.45, 7) is 1.54. The van der Waals surface area contributed by atoms with E-state index in [1.54, 1.807) is 18.3 Å². The van der Waals surface area contributed by atoms with Gasteiger partial charge in [-0.2, -0.15) is 4.98 Å². The van der Waals surface area contributed by atoms with E-state index in [1.165, 1.54) is 12.1 Å². The van der Waals surface area contributed by atoms with Gasteiger partial charge in [0.2, 0.25) is 0 Å². The molecule has 3 aliphatic heterocycles. The Balaban J connectivity index is 1.68. The van der Waals surface area contributed by atoms with Gasteiger partial charge in [-0.1, -0.05) is 35.9 Å². The van der Waals surface area contributed by atoms with Crippen LogP contribution in [0.25, 0.3) is 22.5 Å². The average Bonchev–Trinajstić information content (AvgIpc) is 3.24. The predicted octanol–water partition coefficient (Wildman–Crippen LogP) is 4.06. The van der Waals surface area contributed by atoms with Crippen molar-refractivity contribution in [1.82, 2.24) is 14.5 Å². The SMILES string of the molecule is O=C(O)c1cccc(N=c2ncc3cc(-c4ccccc4Cl)c4n(c-3n2)CCN4)c1. The lowest BCUT2D eigenvalue weighted by Crippen LogP contribution is -2.17. The fourth-order valence-corrected chi connectivity index (χ4v) is 3.86. The number of benzene rings is 2. The summed E-state index contributed by atoms with van der Waals surface area (Å²) in [5.74, 6) is 0.708. The maximum absolute atomic E-state index is 11.2. The number of hydrogen-bond acceptors (Lipinski definition) is 5. The van der Waals surface area contributed by atoms with Crippen LogP contribution < -0.4 is 10.9 Å². The first-order valence-corrected chi connectivity index (χ1v) is 9.75. The molecule has 0 bridgehead atoms. The highest BCUT2D eigenvalue weighted by Crippen LogP contribution is 2.39. The zero-order valence-electron chi connectivity index (χ0n) is 15.7. The molecule has 7 nitrogen and oxygen atoms in total. The molecule has 0 amide bonds. The van der Waals surface area contributed by atoms with Gasteiger partial charge >= 0.3 is 5.97 Å². The molecular formula is C22H16ClN5O2. The van der Waals surface area contributed by atoms with Crippen LogP contribution in [0.3, 0.4) is 0 Å². The van der Waals surface area contributed by atoms with Gasteiger partial charge in [0, 0.05) is 41.0 Å². The quantitative estimate of drug-likeness (QED) is 0.524. The molecule has 2 N–H and O–H groups in total. The third kappa shape index (κ3) is 3.19. The van der Waals surface area contributed by atoms with E-state index in [1.807, 2.05) is 30.3 Å². The lowest BCUT2D eigenvalue weighted by Gasteiger charge is -2.17. The first kappa shape index (κ1) is 18.3. The molecule has 0 unspecified atom stereocenters. The van der Waals surface area contributed by atoms with E-state index < -0.39 is 5.97 Å². The molecular weight excluding hydrogens is 402 g/mol. The second-order valence-electron chi connectivity index (χ2n) is 6.88. The second kappa shape index (κ2) is 7.27. The van der Waals surface area contributed by atoms with Gasteiger partial charge in [0.1, 0.15) is 11.6 Å². The highest BCUT2D eigenvalue weighted by molar-refractivity contribution is 6.33. The average molecular weight is 418 g/mol. The lowest BCUT2D eigenvalue weighted by atomic mass is 10.0. The largest absolute Gasteiger partial charge is 0.478 e. The Hall–Kier alpha value is -3.71. The van der Waals surface area contributed by atoms with Crippen LogP contribution in [0.2, 0.25) is 5.02 Å². The Morgan fingerprint density at radius 3 is 2.83 bits per heavy atom. The third-order valence-electron chi connectivity index (χ3n) is 4.98. The highest BCUT2D eigenvalue weighted by atomic mass is 35.5. The molecule has 0 saturated carbocycles. The zero-order chi connectivity index (χ0) is 20.7. The van der Waals surface area contributed by atoms with Crippen LogP contribution in [-0.2, 0) is 6.54 Å². The molecule has 2 aromatic rings. The number of anilines is 1. The summed E-state index contributed by atoms with van der Waals surface area (Å²) in [5.41, 5.74) is 3.74. The van der Waals surface area contributed by atoms with Crippen molar-refractivity contribution in [3.63, 3.8) is 0 Å². The summed E-state index contributed by atoms with van der Waals surface area (Å²) in [4.78, 5) is 24.6. The van der Waals surface area contributed by atoms with E-state index in [-0.39, 0.29) is 11.2 Å². The number of carboxylic acids is 1. The van der Waals surface area contributed by atoms with Crippen LogP contribution >= 0.6 is 11.6 Å². The standard InChI is InChI=1S/C22H16ClN5O2/c23-18-7-2-1-6-16(18)17-11-14-12-25-22(27-19(14)28-9-8-24-20(17)28)26-15-5-3-4-13(10-15)21(29)30/h1-7,10-12,24H,8-9H2,(H,29,30). The first-order chi connectivity index (χ1) is 14.6. The van der Waals surface area contributed by atoms with Gasteiger partial charge in [-0.15, -0.1) is 0 Å². The van der Waals surface area contributed by atoms with Crippen molar-refractivity contribution < 1.29 is 9.90 Å². The fraction of sp³-hybridized carbons (Fsp3) is 0.0909. The molecule has 0 radical (unpaired) electrons. The van der Waals surface area contributed by atoms with Crippen LogP contribution in [0.15, 0.2) is 65.8 Å². The second-order valence-corrected chi connectivity index (χ2v) is 7.29. The van der Waals surface area contributed by atoms with E-state index in [2.05, 4.69) is 24.8 Å². The van der Waals surface area contributed by atoms with Crippen molar-refractivity contribution in [3.05, 3.63) is 77.0 Å². The van der Waals surface area contributed by atoms with Crippen molar-refractivity contribution in [1.29, 1.82) is 0 Å². The number of halogens is 1. The van der Waals surface area contributed by atoms with Gasteiger partial charge in [-0.25, -0.2) is 14.8 Å². The molecule has 5 rings (SSSR count). The van der Waals surface area contributed by atoms with Gasteiger partial charge < -0.3 is 15.0 Å². The molecule has 0 saturated heterocycles. The van der Waals surface area contributed by atoms with Gasteiger partial charge in [0.25, 0.3) is 5.62 Å². The number of pyridine rings is 1. The summed E-state index contributed by atoms with van der Waals surface area (Å²) >= 11 is 6.44. The van der Waals surface area contributed by atoms with Crippen LogP contribution in [0.1, 0.15) is 10.4 Å². The summed E-state index contributed by atoms with van der Waals surface area (Å²) in [5, 5.41) is 13.3. The normalized spacial score (nSPS) is 13.3. The van der Waals surface area contributed by atoms with E-state index in [0.29, 0.717) is 10.7 Å². The van der Waals surface area contributed by atoms with Crippen LogP contribution in [0, 0.1) is 0 Å². The molecule has 8 heteroatoms. The van der Waals surface area contributed by atoms with E-state index in [9.17, 15) is 4.79 Å². The van der Waals surface area contributed by atoms with Gasteiger partial charge in [-0.3, -0.25) is 0 Å². The lowest BCUT2D eigenvalue weighted by molar-refractivity contribution is 0.0697. The number of fused-ring (bicyclic) bond motifs is 3. The summed E-state index contributed by atoms with van der Waals surface area (Å²) in [6, 6.07) is 16.1. The summed E-state index contributed by atoms with van der Waals surface area (Å²) < 4.78 is 2.10. The van der Waals surface area contributed by atoms with Crippen molar-refractivity contribution in [2.24, 2.45) is 4.99 Å². The number of carboxylic acid groups (broad SMARTS) is 1. The first-order valence-electron chi connectivity index (χ1n) is 9.37. The molecule has 0 spiro atoms. The van der Waals surface area contributed by atoms with E-state index in [0.717, 1.165) is 41.4 Å². The monoisotopic (exact) mass is 417 g/mol. The van der Waals surface area contributed by atoms with Gasteiger partial charge in [-0.05, 0) is 30.3 Å². The van der Waals surface area contributed by atoms with Gasteiger partial charge in [0.05, 0.1) is 11.3 Å². The molecule has 2 aromatic carbocycles. The minimum absolute atomic E-state index is 0.167. The molecule has 3 aliphatic rings.